The van der Waals surface area contributed by atoms with Crippen LogP contribution in [0.4, 0.5) is 0 Å². The molecule has 4 aromatic heterocycles. The first kappa shape index (κ1) is 113. The summed E-state index contributed by atoms with van der Waals surface area (Å²) in [7, 11) is 6.00. The number of nitrogens with zero attached hydrogens (tertiary/aromatic N) is 3. The van der Waals surface area contributed by atoms with Crippen molar-refractivity contribution in [2.45, 2.75) is 119 Å². The molecule has 0 spiro atoms. The summed E-state index contributed by atoms with van der Waals surface area (Å²) in [4.78, 5) is 61.5. The van der Waals surface area contributed by atoms with Crippen LogP contribution in [0.2, 0.25) is 0 Å². The highest BCUT2D eigenvalue weighted by atomic mass is 127. The number of aryl methyl sites for hydroxylation is 4. The number of benzene rings is 8. The Morgan fingerprint density at radius 1 is 0.323 bits per heavy atom. The normalized spacial score (nSPS) is 11.4. The molecule has 0 bridgehead atoms. The number of carbonyl (C=O) groups excluding carboxylic acids is 4. The lowest BCUT2D eigenvalue weighted by Crippen LogP contribution is -2.29. The molecule has 8 aromatic carbocycles. The highest BCUT2D eigenvalue weighted by molar-refractivity contribution is 14.1. The Hall–Kier alpha value is -3.72. The fourth-order valence-corrected chi connectivity index (χ4v) is 23.2. The minimum absolute atomic E-state index is 0.00802. The summed E-state index contributed by atoms with van der Waals surface area (Å²) < 4.78 is 78.2. The third kappa shape index (κ3) is 34.0. The summed E-state index contributed by atoms with van der Waals surface area (Å²) >= 11 is 24.6. The van der Waals surface area contributed by atoms with Gasteiger partial charge in [0, 0.05) is 119 Å². The number of hydrogen-bond donors (Lipinski definition) is 1. The van der Waals surface area contributed by atoms with Crippen LogP contribution in [0.1, 0.15) is 180 Å². The minimum atomic E-state index is -0.0193. The Labute approximate surface area is 909 Å². The first-order chi connectivity index (χ1) is 64.5. The first-order valence-corrected chi connectivity index (χ1v) is 56.2. The molecule has 0 aliphatic rings. The number of ether oxygens (including phenoxy) is 8. The first-order valence-electron chi connectivity index (χ1n) is 45.3. The van der Waals surface area contributed by atoms with Gasteiger partial charge in [-0.3, -0.25) is 19.2 Å². The van der Waals surface area contributed by atoms with Crippen LogP contribution in [0, 0.1) is 28.6 Å². The van der Waals surface area contributed by atoms with Crippen molar-refractivity contribution in [2.24, 2.45) is 0 Å². The monoisotopic (exact) mass is 2840 g/mol. The van der Waals surface area contributed by atoms with E-state index in [-0.39, 0.29) is 23.1 Å². The number of rotatable bonds is 54. The standard InChI is InChI=1S/C50H56I4N2O8.C25H29I2NO3.C22H23I2NO3.C6H12Br2O2/c1-5-7-15-43-45(35-13-9-11-17-41(35)63-43)47(57)33-29-37(51)49(38(52)30-33)61-25-21-55(3)19-23-59-27-28-60-24-20-56(4)22-26-62-50-39(53)31-34(32-40(50)54)48(58)46-36-14-10-12-18-42(36)64-44(46)16-8-6-2;1-4-7-11-22-23(18-10-8-9-12-21(18)31-22)24(29)17-15-19(26)25(20(27)16-17)30-14-13-28(5-2)6-3;1-3-4-8-19-20(15-7-5-6-9-18(15)28-19)21(26)14-12-16(23)22(17(24)13-14)27-11-10-25-2;7-1-3-9-5-6-10-4-2-8/h9-14,17-18,29-32H,5-8,15-16,19-28H2,1-4H3;8-10,12,15-16H,4-7,11,13-14H2,1-3H3;5-7,9,12-13,25H,3-4,8,10-11H2,1-2H3;1-6H2. The summed E-state index contributed by atoms with van der Waals surface area (Å²) in [6, 6.07) is 46.5. The molecule has 0 unspecified atom stereocenters. The third-order valence-corrected chi connectivity index (χ3v) is 28.7. The molecular formula is C103H120Br2I8N4O16. The largest absolute Gasteiger partial charge is 0.490 e. The van der Waals surface area contributed by atoms with Crippen LogP contribution in [-0.2, 0) is 44.6 Å². The predicted molar refractivity (Wildman–Crippen MR) is 610 cm³/mol. The van der Waals surface area contributed by atoms with E-state index in [1.807, 2.05) is 153 Å². The molecule has 12 rings (SSSR count). The van der Waals surface area contributed by atoms with E-state index in [1.165, 1.54) is 0 Å². The van der Waals surface area contributed by atoms with Gasteiger partial charge in [0.25, 0.3) is 0 Å². The maximum Gasteiger partial charge on any atom is 0.197 e. The Morgan fingerprint density at radius 2 is 0.556 bits per heavy atom. The summed E-state index contributed by atoms with van der Waals surface area (Å²) in [6.07, 6.45) is 11.1. The maximum absolute atomic E-state index is 13.9. The van der Waals surface area contributed by atoms with Gasteiger partial charge >= 0.3 is 0 Å². The Kier molecular flexibility index (Phi) is 51.9. The van der Waals surface area contributed by atoms with Crippen molar-refractivity contribution in [3.8, 4) is 23.0 Å². The Morgan fingerprint density at radius 3 is 0.797 bits per heavy atom. The van der Waals surface area contributed by atoms with E-state index < -0.39 is 0 Å². The number of hydrogen-bond acceptors (Lipinski definition) is 20. The number of unbranched alkanes of at least 4 members (excludes halogenated alkanes) is 4. The van der Waals surface area contributed by atoms with Gasteiger partial charge in [0.1, 0.15) is 94.8 Å². The van der Waals surface area contributed by atoms with Gasteiger partial charge in [-0.25, -0.2) is 0 Å². The van der Waals surface area contributed by atoms with Crippen LogP contribution in [0.5, 0.6) is 23.0 Å². The number of fused-ring (bicyclic) bond motifs is 4. The van der Waals surface area contributed by atoms with E-state index >= 15 is 0 Å². The van der Waals surface area contributed by atoms with Crippen LogP contribution in [0.3, 0.4) is 0 Å². The summed E-state index contributed by atoms with van der Waals surface area (Å²) in [5.74, 6) is 6.35. The zero-order valence-electron chi connectivity index (χ0n) is 77.1. The van der Waals surface area contributed by atoms with E-state index in [0.29, 0.717) is 111 Å². The van der Waals surface area contributed by atoms with Gasteiger partial charge in [-0.2, -0.15) is 0 Å². The number of halogens is 10. The molecule has 0 aliphatic carbocycles. The molecule has 20 nitrogen and oxygen atoms in total. The predicted octanol–water partition coefficient (Wildman–Crippen LogP) is 26.7. The van der Waals surface area contributed by atoms with Gasteiger partial charge in [0.05, 0.1) is 104 Å². The lowest BCUT2D eigenvalue weighted by atomic mass is 9.98. The number of ketones is 4. The molecule has 0 radical (unpaired) electrons. The zero-order chi connectivity index (χ0) is 95.7. The van der Waals surface area contributed by atoms with Crippen LogP contribution in [0.25, 0.3) is 43.9 Å². The molecule has 0 aliphatic heterocycles. The highest BCUT2D eigenvalue weighted by Crippen LogP contribution is 2.40. The second kappa shape index (κ2) is 61.2. The van der Waals surface area contributed by atoms with Crippen LogP contribution in [0.15, 0.2) is 163 Å². The lowest BCUT2D eigenvalue weighted by Gasteiger charge is -2.19. The molecule has 133 heavy (non-hydrogen) atoms. The Balaban J connectivity index is 0.000000237. The summed E-state index contributed by atoms with van der Waals surface area (Å²) in [5, 5.41) is 8.37. The van der Waals surface area contributed by atoms with Crippen molar-refractivity contribution in [2.75, 3.05) is 163 Å². The fourth-order valence-electron chi connectivity index (χ4n) is 14.4. The van der Waals surface area contributed by atoms with Crippen LogP contribution < -0.4 is 24.3 Å². The number of furan rings is 4. The molecule has 12 aromatic rings. The van der Waals surface area contributed by atoms with Gasteiger partial charge in [0.15, 0.2) is 23.1 Å². The molecular weight excluding hydrogens is 2720 g/mol. The SMILES string of the molecule is BrCCOCCOCCBr.CCCCc1oc2ccccc2c1C(=O)c1cc(I)c(OCCN(C)CCOCCOCCN(C)CCOc2c(I)cc(C(=O)c3c(CCCC)oc4ccccc34)cc2I)c(I)c1.CCCCc1oc2ccccc2c1C(=O)c1cc(I)c(OCCN(CC)CC)c(I)c1.CCCCc1oc2ccccc2c1C(=O)c1cc(I)c(OCCNC)c(I)c1. The van der Waals surface area contributed by atoms with Gasteiger partial charge < -0.3 is 75.6 Å². The molecule has 0 amide bonds. The molecule has 718 valence electrons. The number of para-hydroxylation sites is 4. The second-order valence-electron chi connectivity index (χ2n) is 31.4. The van der Waals surface area contributed by atoms with Gasteiger partial charge in [0.2, 0.25) is 0 Å². The molecule has 0 fully saturated rings. The zero-order valence-corrected chi connectivity index (χ0v) is 97.5. The van der Waals surface area contributed by atoms with Crippen molar-refractivity contribution in [3.05, 3.63) is 242 Å². The molecule has 0 saturated carbocycles. The maximum atomic E-state index is 13.9. The van der Waals surface area contributed by atoms with Crippen LogP contribution >= 0.6 is 213 Å². The second-order valence-corrected chi connectivity index (χ2v) is 42.2. The minimum Gasteiger partial charge on any atom is -0.490 e. The van der Waals surface area contributed by atoms with E-state index in [4.69, 9.17) is 55.6 Å². The van der Waals surface area contributed by atoms with Gasteiger partial charge in [-0.05, 0) is 313 Å². The Bertz CT molecular complexity index is 5430. The van der Waals surface area contributed by atoms with Crippen molar-refractivity contribution < 1.29 is 74.7 Å². The number of likely N-dealkylation sites (N-methyl/N-ethyl adjacent to an activating group) is 4. The van der Waals surface area contributed by atoms with Gasteiger partial charge in [-0.1, -0.05) is 172 Å². The lowest BCUT2D eigenvalue weighted by molar-refractivity contribution is 0.0334. The molecule has 0 saturated heterocycles. The van der Waals surface area contributed by atoms with Crippen molar-refractivity contribution >= 4 is 280 Å². The highest BCUT2D eigenvalue weighted by Gasteiger charge is 2.30. The topological polar surface area (TPSA) is 216 Å². The fraction of sp³-hybridized carbons (Fsp3) is 0.417. The van der Waals surface area contributed by atoms with Crippen molar-refractivity contribution in [3.63, 3.8) is 0 Å². The van der Waals surface area contributed by atoms with Crippen LogP contribution in [-0.4, -0.2) is 201 Å². The molecule has 30 heteroatoms. The third-order valence-electron chi connectivity index (χ3n) is 21.7. The average Bonchev–Trinajstić information content (AvgIpc) is 1.74. The number of carbonyl (C=O) groups is 4. The summed E-state index contributed by atoms with van der Waals surface area (Å²) in [6.45, 7) is 27.0. The quantitative estimate of drug-likeness (QED) is 0.0162. The number of nitrogens with one attached hydrogen (secondary N) is 1. The van der Waals surface area contributed by atoms with E-state index in [1.54, 1.807) is 0 Å². The van der Waals surface area contributed by atoms with Gasteiger partial charge in [-0.15, -0.1) is 0 Å². The number of alkyl halides is 2. The molecule has 1 N–H and O–H groups in total. The average molecular weight is 2850 g/mol. The smallest absolute Gasteiger partial charge is 0.197 e. The van der Waals surface area contributed by atoms with E-state index in [9.17, 15) is 19.2 Å². The summed E-state index contributed by atoms with van der Waals surface area (Å²) in [5.41, 5.74) is 8.39. The molecule has 0 atom stereocenters. The van der Waals surface area contributed by atoms with Crippen molar-refractivity contribution in [1.82, 2.24) is 20.0 Å². The van der Waals surface area contributed by atoms with Crippen molar-refractivity contribution in [1.29, 1.82) is 0 Å². The molecule has 4 heterocycles. The van der Waals surface area contributed by atoms with E-state index in [2.05, 4.69) is 288 Å². The van der Waals surface area contributed by atoms with E-state index in [0.717, 1.165) is 272 Å².